The van der Waals surface area contributed by atoms with Gasteiger partial charge in [-0.1, -0.05) is 36.2 Å². The van der Waals surface area contributed by atoms with Gasteiger partial charge in [-0.3, -0.25) is 4.99 Å². The minimum atomic E-state index is -1.59. The number of halogens is 3. The third kappa shape index (κ3) is 8.32. The first-order valence-electron chi connectivity index (χ1n) is 9.29. The highest BCUT2D eigenvalue weighted by molar-refractivity contribution is 6.36. The monoisotopic (exact) mass is 460 g/mol. The zero-order chi connectivity index (χ0) is 23.1. The zero-order valence-corrected chi connectivity index (χ0v) is 19.1. The van der Waals surface area contributed by atoms with Crippen LogP contribution in [0.1, 0.15) is 46.6 Å². The molecule has 0 aromatic heterocycles. The molecule has 2 N–H and O–H groups in total. The Hall–Kier alpha value is -2.12. The molecule has 0 saturated heterocycles. The van der Waals surface area contributed by atoms with Crippen LogP contribution in [0.4, 0.5) is 9.18 Å². The number of amides is 1. The van der Waals surface area contributed by atoms with E-state index in [2.05, 4.69) is 10.3 Å². The quantitative estimate of drug-likeness (QED) is 0.489. The summed E-state index contributed by atoms with van der Waals surface area (Å²) in [7, 11) is 0. The molecular weight excluding hydrogens is 434 g/mol. The first-order chi connectivity index (χ1) is 13.7. The fourth-order valence-corrected chi connectivity index (χ4v) is 2.79. The molecule has 1 amide bonds. The van der Waals surface area contributed by atoms with Crippen LogP contribution in [-0.2, 0) is 9.53 Å². The van der Waals surface area contributed by atoms with Crippen LogP contribution in [0.2, 0.25) is 10.0 Å². The van der Waals surface area contributed by atoms with Crippen LogP contribution in [0, 0.1) is 5.92 Å². The lowest BCUT2D eigenvalue weighted by Gasteiger charge is -2.27. The maximum Gasteiger partial charge on any atom is 0.407 e. The number of nitrogens with one attached hydrogen (secondary N) is 1. The number of aliphatic carboxylic acids is 1. The van der Waals surface area contributed by atoms with E-state index in [4.69, 9.17) is 27.9 Å². The maximum absolute atomic E-state index is 14.3. The van der Waals surface area contributed by atoms with Gasteiger partial charge in [-0.15, -0.1) is 0 Å². The van der Waals surface area contributed by atoms with Crippen LogP contribution in [0.5, 0.6) is 0 Å². The van der Waals surface area contributed by atoms with Crippen molar-refractivity contribution >= 4 is 41.5 Å². The number of carbonyl (C=O) groups excluding carboxylic acids is 1. The second kappa shape index (κ2) is 10.8. The van der Waals surface area contributed by atoms with Crippen LogP contribution in [0.15, 0.2) is 35.1 Å². The van der Waals surface area contributed by atoms with Crippen molar-refractivity contribution in [3.63, 3.8) is 0 Å². The van der Waals surface area contributed by atoms with Crippen molar-refractivity contribution in [2.75, 3.05) is 6.54 Å². The highest BCUT2D eigenvalue weighted by Crippen LogP contribution is 2.29. The summed E-state index contributed by atoms with van der Waals surface area (Å²) in [5, 5.41) is 12.9. The number of alkyl carbamates (subject to hydrolysis) is 1. The Balaban J connectivity index is 2.82. The highest BCUT2D eigenvalue weighted by atomic mass is 35.5. The number of ether oxygens (including phenoxy) is 1. The van der Waals surface area contributed by atoms with Gasteiger partial charge in [-0.2, -0.15) is 0 Å². The van der Waals surface area contributed by atoms with E-state index in [1.807, 2.05) is 0 Å². The molecule has 30 heavy (non-hydrogen) atoms. The van der Waals surface area contributed by atoms with E-state index in [1.54, 1.807) is 39.8 Å². The summed E-state index contributed by atoms with van der Waals surface area (Å²) in [6.07, 6.45) is 1.67. The summed E-state index contributed by atoms with van der Waals surface area (Å²) < 4.78 is 19.4. The maximum atomic E-state index is 14.3. The van der Waals surface area contributed by atoms with Crippen molar-refractivity contribution < 1.29 is 23.8 Å². The van der Waals surface area contributed by atoms with Crippen LogP contribution in [0.3, 0.4) is 0 Å². The van der Waals surface area contributed by atoms with Gasteiger partial charge in [0.2, 0.25) is 0 Å². The topological polar surface area (TPSA) is 88.0 Å². The predicted octanol–water partition coefficient (Wildman–Crippen LogP) is 5.66. The Morgan fingerprint density at radius 1 is 1.30 bits per heavy atom. The first kappa shape index (κ1) is 25.9. The molecule has 0 saturated carbocycles. The van der Waals surface area contributed by atoms with E-state index in [-0.39, 0.29) is 13.0 Å². The van der Waals surface area contributed by atoms with Gasteiger partial charge in [0.15, 0.2) is 5.54 Å². The van der Waals surface area contributed by atoms with Crippen LogP contribution >= 0.6 is 23.2 Å². The average Bonchev–Trinajstić information content (AvgIpc) is 2.58. The molecule has 166 valence electrons. The fourth-order valence-electron chi connectivity index (χ4n) is 2.34. The summed E-state index contributed by atoms with van der Waals surface area (Å²) >= 11 is 11.9. The van der Waals surface area contributed by atoms with Crippen molar-refractivity contribution in [2.45, 2.75) is 52.2 Å². The lowest BCUT2D eigenvalue weighted by Crippen LogP contribution is -2.40. The third-order valence-corrected chi connectivity index (χ3v) is 4.86. The average molecular weight is 461 g/mol. The van der Waals surface area contributed by atoms with E-state index < -0.39 is 34.9 Å². The molecule has 0 aliphatic carbocycles. The molecule has 0 bridgehead atoms. The van der Waals surface area contributed by atoms with Crippen molar-refractivity contribution in [2.24, 2.45) is 10.9 Å². The van der Waals surface area contributed by atoms with Crippen molar-refractivity contribution in [1.29, 1.82) is 0 Å². The molecule has 1 aromatic rings. The van der Waals surface area contributed by atoms with Crippen molar-refractivity contribution in [3.05, 3.63) is 45.7 Å². The Morgan fingerprint density at radius 2 is 1.93 bits per heavy atom. The molecule has 2 atom stereocenters. The summed E-state index contributed by atoms with van der Waals surface area (Å²) in [5.41, 5.74) is -1.75. The molecule has 2 unspecified atom stereocenters. The smallest absolute Gasteiger partial charge is 0.407 e. The molecular formula is C21H27Cl2FN2O4. The summed E-state index contributed by atoms with van der Waals surface area (Å²) in [6, 6.07) is 4.74. The minimum Gasteiger partial charge on any atom is -0.479 e. The number of nitrogens with zero attached hydrogens (tertiary/aromatic N) is 1. The van der Waals surface area contributed by atoms with E-state index in [0.29, 0.717) is 15.6 Å². The lowest BCUT2D eigenvalue weighted by atomic mass is 9.84. The number of hydrogen-bond donors (Lipinski definition) is 2. The SMILES string of the molecule is CC(CC(F)=CCNC(=O)OC(C)(C)C)C(C)(N=Cc1ccc(Cl)cc1Cl)C(=O)O. The van der Waals surface area contributed by atoms with Gasteiger partial charge in [0.1, 0.15) is 5.60 Å². The van der Waals surface area contributed by atoms with Crippen molar-refractivity contribution in [1.82, 2.24) is 5.32 Å². The molecule has 0 radical (unpaired) electrons. The number of benzene rings is 1. The van der Waals surface area contributed by atoms with Crippen LogP contribution in [-0.4, -0.2) is 41.1 Å². The zero-order valence-electron chi connectivity index (χ0n) is 17.6. The highest BCUT2D eigenvalue weighted by Gasteiger charge is 2.38. The van der Waals surface area contributed by atoms with Gasteiger partial charge in [0, 0.05) is 29.8 Å². The standard InChI is InChI=1S/C21H27Cl2FN2O4/c1-13(10-16(24)8-9-25-19(29)30-20(2,3)4)21(5,18(27)28)26-12-14-6-7-15(22)11-17(14)23/h6-8,11-13H,9-10H2,1-5H3,(H,25,29)(H,27,28). The summed E-state index contributed by atoms with van der Waals surface area (Å²) in [5.74, 6) is -2.45. The second-order valence-electron chi connectivity index (χ2n) is 8.02. The molecule has 0 fully saturated rings. The number of allylic oxidation sites excluding steroid dienone is 1. The normalized spacial score (nSPS) is 15.5. The number of rotatable bonds is 8. The Morgan fingerprint density at radius 3 is 2.47 bits per heavy atom. The van der Waals surface area contributed by atoms with E-state index in [0.717, 1.165) is 0 Å². The minimum absolute atomic E-state index is 0.0824. The fraction of sp³-hybridized carbons (Fsp3) is 0.476. The molecule has 1 rings (SSSR count). The Labute approximate surface area is 186 Å². The molecule has 9 heteroatoms. The molecule has 0 spiro atoms. The van der Waals surface area contributed by atoms with Crippen molar-refractivity contribution in [3.8, 4) is 0 Å². The largest absolute Gasteiger partial charge is 0.479 e. The Kier molecular flexibility index (Phi) is 9.31. The molecule has 1 aromatic carbocycles. The summed E-state index contributed by atoms with van der Waals surface area (Å²) in [4.78, 5) is 27.6. The number of carbonyl (C=O) groups is 2. The summed E-state index contributed by atoms with van der Waals surface area (Å²) in [6.45, 7) is 8.07. The van der Waals surface area contributed by atoms with Crippen LogP contribution < -0.4 is 5.32 Å². The predicted molar refractivity (Wildman–Crippen MR) is 117 cm³/mol. The lowest BCUT2D eigenvalue weighted by molar-refractivity contribution is -0.144. The number of carboxylic acid groups (broad SMARTS) is 1. The van der Waals surface area contributed by atoms with E-state index in [1.165, 1.54) is 25.3 Å². The van der Waals surface area contributed by atoms with Gasteiger partial charge >= 0.3 is 12.1 Å². The first-order valence-corrected chi connectivity index (χ1v) is 10.0. The molecule has 0 heterocycles. The van der Waals surface area contributed by atoms with E-state index >= 15 is 0 Å². The van der Waals surface area contributed by atoms with Gasteiger partial charge in [-0.05, 0) is 51.8 Å². The molecule has 0 aliphatic rings. The number of aliphatic imine (C=N–C) groups is 1. The van der Waals surface area contributed by atoms with Gasteiger partial charge in [0.25, 0.3) is 0 Å². The van der Waals surface area contributed by atoms with Gasteiger partial charge < -0.3 is 15.2 Å². The Bertz CT molecular complexity index is 837. The second-order valence-corrected chi connectivity index (χ2v) is 8.86. The van der Waals surface area contributed by atoms with Gasteiger partial charge in [0.05, 0.1) is 10.8 Å². The molecule has 0 aliphatic heterocycles. The molecule has 6 nitrogen and oxygen atoms in total. The van der Waals surface area contributed by atoms with Crippen LogP contribution in [0.25, 0.3) is 0 Å². The third-order valence-electron chi connectivity index (χ3n) is 4.30. The van der Waals surface area contributed by atoms with Gasteiger partial charge in [-0.25, -0.2) is 14.0 Å². The number of carboxylic acids is 1. The number of hydrogen-bond acceptors (Lipinski definition) is 4. The van der Waals surface area contributed by atoms with E-state index in [9.17, 15) is 19.1 Å².